The van der Waals surface area contributed by atoms with E-state index in [1.54, 1.807) is 21.3 Å². The molecule has 0 aromatic heterocycles. The maximum atomic E-state index is 5.54. The Balaban J connectivity index is 0.00000338. The number of halogens is 1. The fraction of sp³-hybridized carbons (Fsp3) is 0.400. The Morgan fingerprint density at radius 3 is 2.00 bits per heavy atom. The second kappa shape index (κ2) is 11.5. The quantitative estimate of drug-likeness (QED) is 0.633. The van der Waals surface area contributed by atoms with E-state index in [2.05, 4.69) is 17.4 Å². The maximum Gasteiger partial charge on any atom is 0.161 e. The third-order valence-electron chi connectivity index (χ3n) is 3.90. The maximum absolute atomic E-state index is 5.54. The molecule has 0 aliphatic heterocycles. The van der Waals surface area contributed by atoms with Crippen molar-refractivity contribution in [2.45, 2.75) is 19.9 Å². The average Bonchev–Trinajstić information content (AvgIpc) is 2.66. The Hall–Kier alpha value is -2.11. The third kappa shape index (κ3) is 6.00. The summed E-state index contributed by atoms with van der Waals surface area (Å²) in [6.07, 6.45) is 0.911. The molecule has 0 saturated carbocycles. The molecule has 0 aliphatic carbocycles. The van der Waals surface area contributed by atoms with E-state index in [1.807, 2.05) is 31.2 Å². The summed E-state index contributed by atoms with van der Waals surface area (Å²) in [5, 5.41) is 3.45. The lowest BCUT2D eigenvalue weighted by molar-refractivity contribution is 0.310. The summed E-state index contributed by atoms with van der Waals surface area (Å²) in [7, 11) is 4.95. The molecule has 0 amide bonds. The van der Waals surface area contributed by atoms with E-state index in [0.29, 0.717) is 6.61 Å². The monoisotopic (exact) mass is 381 g/mol. The van der Waals surface area contributed by atoms with Crippen molar-refractivity contribution in [2.75, 3.05) is 34.5 Å². The highest BCUT2D eigenvalue weighted by Gasteiger charge is 2.06. The first-order valence-electron chi connectivity index (χ1n) is 8.43. The zero-order valence-corrected chi connectivity index (χ0v) is 16.7. The SMILES string of the molecule is CCOc1ccc(CNCCc2ccc(OC)c(OC)c2)cc1OC.Cl. The summed E-state index contributed by atoms with van der Waals surface area (Å²) in [4.78, 5) is 0. The minimum atomic E-state index is 0. The van der Waals surface area contributed by atoms with E-state index in [4.69, 9.17) is 18.9 Å². The van der Waals surface area contributed by atoms with Crippen LogP contribution in [0.25, 0.3) is 0 Å². The molecule has 2 aromatic rings. The van der Waals surface area contributed by atoms with Gasteiger partial charge in [0.25, 0.3) is 0 Å². The summed E-state index contributed by atoms with van der Waals surface area (Å²) in [6.45, 7) is 4.23. The highest BCUT2D eigenvalue weighted by molar-refractivity contribution is 5.85. The van der Waals surface area contributed by atoms with Crippen LogP contribution in [0, 0.1) is 0 Å². The van der Waals surface area contributed by atoms with Crippen LogP contribution in [-0.4, -0.2) is 34.5 Å². The van der Waals surface area contributed by atoms with Crippen molar-refractivity contribution in [3.8, 4) is 23.0 Å². The number of hydrogen-bond acceptors (Lipinski definition) is 5. The Kier molecular flexibility index (Phi) is 9.70. The second-order valence-electron chi connectivity index (χ2n) is 5.53. The Morgan fingerprint density at radius 2 is 1.35 bits per heavy atom. The van der Waals surface area contributed by atoms with Gasteiger partial charge >= 0.3 is 0 Å². The van der Waals surface area contributed by atoms with Crippen molar-refractivity contribution < 1.29 is 18.9 Å². The number of rotatable bonds is 10. The molecule has 5 nitrogen and oxygen atoms in total. The summed E-state index contributed by atoms with van der Waals surface area (Å²) < 4.78 is 21.5. The Labute approximate surface area is 162 Å². The predicted octanol–water partition coefficient (Wildman–Crippen LogP) is 3.87. The molecule has 0 radical (unpaired) electrons. The van der Waals surface area contributed by atoms with E-state index in [0.717, 1.165) is 48.1 Å². The van der Waals surface area contributed by atoms with Gasteiger partial charge in [-0.2, -0.15) is 0 Å². The standard InChI is InChI=1S/C20H27NO4.ClH/c1-5-25-18-9-7-16(13-20(18)24-4)14-21-11-10-15-6-8-17(22-2)19(12-15)23-3;/h6-9,12-13,21H,5,10-11,14H2,1-4H3;1H. The molecule has 0 heterocycles. The van der Waals surface area contributed by atoms with Crippen molar-refractivity contribution in [1.29, 1.82) is 0 Å². The zero-order chi connectivity index (χ0) is 18.1. The highest BCUT2D eigenvalue weighted by Crippen LogP contribution is 2.28. The van der Waals surface area contributed by atoms with Crippen molar-refractivity contribution in [3.63, 3.8) is 0 Å². The van der Waals surface area contributed by atoms with Gasteiger partial charge in [0.1, 0.15) is 0 Å². The molecule has 0 unspecified atom stereocenters. The van der Waals surface area contributed by atoms with E-state index >= 15 is 0 Å². The molecule has 0 atom stereocenters. The van der Waals surface area contributed by atoms with Crippen LogP contribution in [0.15, 0.2) is 36.4 Å². The van der Waals surface area contributed by atoms with Crippen LogP contribution in [0.1, 0.15) is 18.1 Å². The molecular formula is C20H28ClNO4. The molecule has 144 valence electrons. The highest BCUT2D eigenvalue weighted by atomic mass is 35.5. The van der Waals surface area contributed by atoms with E-state index in [-0.39, 0.29) is 12.4 Å². The topological polar surface area (TPSA) is 49.0 Å². The molecule has 2 aromatic carbocycles. The number of hydrogen-bond donors (Lipinski definition) is 1. The molecule has 0 fully saturated rings. The average molecular weight is 382 g/mol. The fourth-order valence-electron chi connectivity index (χ4n) is 2.60. The third-order valence-corrected chi connectivity index (χ3v) is 3.90. The van der Waals surface area contributed by atoms with Gasteiger partial charge in [-0.05, 0) is 55.3 Å². The molecule has 0 aliphatic rings. The van der Waals surface area contributed by atoms with Gasteiger partial charge in [-0.15, -0.1) is 12.4 Å². The van der Waals surface area contributed by atoms with Crippen LogP contribution in [0.2, 0.25) is 0 Å². The lowest BCUT2D eigenvalue weighted by Gasteiger charge is -2.12. The van der Waals surface area contributed by atoms with Crippen molar-refractivity contribution in [2.24, 2.45) is 0 Å². The van der Waals surface area contributed by atoms with Gasteiger partial charge in [0.15, 0.2) is 23.0 Å². The normalized spacial score (nSPS) is 10.0. The predicted molar refractivity (Wildman–Crippen MR) is 106 cm³/mol. The fourth-order valence-corrected chi connectivity index (χ4v) is 2.60. The van der Waals surface area contributed by atoms with Gasteiger partial charge in [0.05, 0.1) is 27.9 Å². The van der Waals surface area contributed by atoms with Crippen molar-refractivity contribution >= 4 is 12.4 Å². The van der Waals surface area contributed by atoms with Crippen LogP contribution in [0.4, 0.5) is 0 Å². The first kappa shape index (κ1) is 21.9. The van der Waals surface area contributed by atoms with Crippen LogP contribution < -0.4 is 24.3 Å². The largest absolute Gasteiger partial charge is 0.493 e. The van der Waals surface area contributed by atoms with E-state index in [1.165, 1.54) is 5.56 Å². The minimum absolute atomic E-state index is 0. The summed E-state index contributed by atoms with van der Waals surface area (Å²) in [5.41, 5.74) is 2.36. The smallest absolute Gasteiger partial charge is 0.161 e. The van der Waals surface area contributed by atoms with Gasteiger partial charge in [-0.1, -0.05) is 12.1 Å². The number of methoxy groups -OCH3 is 3. The van der Waals surface area contributed by atoms with Gasteiger partial charge in [0, 0.05) is 6.54 Å². The summed E-state index contributed by atoms with van der Waals surface area (Å²) >= 11 is 0. The first-order chi connectivity index (χ1) is 12.2. The molecule has 0 bridgehead atoms. The van der Waals surface area contributed by atoms with Gasteiger partial charge < -0.3 is 24.3 Å². The Bertz CT molecular complexity index is 679. The minimum Gasteiger partial charge on any atom is -0.493 e. The van der Waals surface area contributed by atoms with Crippen molar-refractivity contribution in [1.82, 2.24) is 5.32 Å². The lowest BCUT2D eigenvalue weighted by atomic mass is 10.1. The van der Waals surface area contributed by atoms with Gasteiger partial charge in [-0.25, -0.2) is 0 Å². The second-order valence-corrected chi connectivity index (χ2v) is 5.53. The lowest BCUT2D eigenvalue weighted by Crippen LogP contribution is -2.16. The molecule has 0 saturated heterocycles. The van der Waals surface area contributed by atoms with Crippen LogP contribution >= 0.6 is 12.4 Å². The van der Waals surface area contributed by atoms with Gasteiger partial charge in [-0.3, -0.25) is 0 Å². The molecular weight excluding hydrogens is 354 g/mol. The molecule has 1 N–H and O–H groups in total. The molecule has 0 spiro atoms. The first-order valence-corrected chi connectivity index (χ1v) is 8.43. The van der Waals surface area contributed by atoms with Crippen LogP contribution in [-0.2, 0) is 13.0 Å². The van der Waals surface area contributed by atoms with Crippen molar-refractivity contribution in [3.05, 3.63) is 47.5 Å². The molecule has 6 heteroatoms. The number of nitrogens with one attached hydrogen (secondary N) is 1. The number of benzene rings is 2. The van der Waals surface area contributed by atoms with E-state index < -0.39 is 0 Å². The van der Waals surface area contributed by atoms with Gasteiger partial charge in [0.2, 0.25) is 0 Å². The van der Waals surface area contributed by atoms with Crippen LogP contribution in [0.3, 0.4) is 0 Å². The van der Waals surface area contributed by atoms with E-state index in [9.17, 15) is 0 Å². The number of ether oxygens (including phenoxy) is 4. The van der Waals surface area contributed by atoms with Crippen LogP contribution in [0.5, 0.6) is 23.0 Å². The summed E-state index contributed by atoms with van der Waals surface area (Å²) in [5.74, 6) is 3.05. The molecule has 26 heavy (non-hydrogen) atoms. The zero-order valence-electron chi connectivity index (χ0n) is 15.8. The molecule has 2 rings (SSSR count). The Morgan fingerprint density at radius 1 is 0.769 bits per heavy atom. The summed E-state index contributed by atoms with van der Waals surface area (Å²) in [6, 6.07) is 12.0.